The van der Waals surface area contributed by atoms with Crippen LogP contribution in [0.5, 0.6) is 0 Å². The number of carboxylic acid groups (broad SMARTS) is 1. The number of hydrogen-bond acceptors (Lipinski definition) is 5. The number of carbonyl (C=O) groups excluding carboxylic acids is 2. The molecule has 3 rings (SSSR count). The number of aromatic carboxylic acids is 1. The van der Waals surface area contributed by atoms with Gasteiger partial charge < -0.3 is 24.5 Å². The van der Waals surface area contributed by atoms with Gasteiger partial charge in [0, 0.05) is 12.0 Å². The topological polar surface area (TPSA) is 86.8 Å². The SMILES string of the molecule is C[NH+]1CCc2c(sc(NC(=O)c3ccco3)c2C(=O)[O-])C1. The molecule has 6 nitrogen and oxygen atoms in total. The molecular formula is C14H14N2O4S. The lowest BCUT2D eigenvalue weighted by Crippen LogP contribution is -3.08. The molecule has 2 aromatic rings. The van der Waals surface area contributed by atoms with E-state index >= 15 is 0 Å². The minimum absolute atomic E-state index is 0.113. The fourth-order valence-corrected chi connectivity index (χ4v) is 3.84. The van der Waals surface area contributed by atoms with Crippen LogP contribution in [0.3, 0.4) is 0 Å². The predicted octanol–water partition coefficient (Wildman–Crippen LogP) is -0.472. The summed E-state index contributed by atoms with van der Waals surface area (Å²) in [6, 6.07) is 3.13. The molecule has 1 unspecified atom stereocenters. The minimum Gasteiger partial charge on any atom is -0.545 e. The van der Waals surface area contributed by atoms with Crippen LogP contribution in [0, 0.1) is 0 Å². The number of thiophene rings is 1. The molecule has 1 atom stereocenters. The summed E-state index contributed by atoms with van der Waals surface area (Å²) in [5.41, 5.74) is 0.905. The van der Waals surface area contributed by atoms with Crippen molar-refractivity contribution >= 4 is 28.2 Å². The molecule has 110 valence electrons. The van der Waals surface area contributed by atoms with Gasteiger partial charge in [0.1, 0.15) is 11.5 Å². The fourth-order valence-electron chi connectivity index (χ4n) is 2.50. The maximum Gasteiger partial charge on any atom is 0.291 e. The first-order chi connectivity index (χ1) is 10.1. The van der Waals surface area contributed by atoms with Crippen LogP contribution in [0.2, 0.25) is 0 Å². The zero-order valence-corrected chi connectivity index (χ0v) is 12.2. The molecule has 0 saturated carbocycles. The van der Waals surface area contributed by atoms with Crippen LogP contribution >= 0.6 is 11.3 Å². The average Bonchev–Trinajstić information content (AvgIpc) is 3.04. The second-order valence-corrected chi connectivity index (χ2v) is 6.17. The Balaban J connectivity index is 1.95. The Morgan fingerprint density at radius 3 is 2.95 bits per heavy atom. The molecule has 0 aliphatic carbocycles. The molecule has 7 heteroatoms. The number of fused-ring (bicyclic) bond motifs is 1. The lowest BCUT2D eigenvalue weighted by Gasteiger charge is -2.20. The first-order valence-corrected chi connectivity index (χ1v) is 7.40. The number of furan rings is 1. The zero-order valence-electron chi connectivity index (χ0n) is 11.4. The van der Waals surface area contributed by atoms with Crippen LogP contribution in [-0.2, 0) is 13.0 Å². The van der Waals surface area contributed by atoms with E-state index in [0.717, 1.165) is 23.5 Å². The highest BCUT2D eigenvalue weighted by Crippen LogP contribution is 2.34. The molecule has 0 saturated heterocycles. The number of anilines is 1. The van der Waals surface area contributed by atoms with E-state index in [1.807, 2.05) is 0 Å². The monoisotopic (exact) mass is 306 g/mol. The number of rotatable bonds is 3. The van der Waals surface area contributed by atoms with Gasteiger partial charge in [-0.2, -0.15) is 0 Å². The first kappa shape index (κ1) is 13.8. The molecule has 1 amide bonds. The molecule has 21 heavy (non-hydrogen) atoms. The van der Waals surface area contributed by atoms with Gasteiger partial charge in [0.15, 0.2) is 5.76 Å². The number of likely N-dealkylation sites (N-methyl/N-ethyl adjacent to an activating group) is 1. The summed E-state index contributed by atoms with van der Waals surface area (Å²) < 4.78 is 5.01. The molecule has 2 aromatic heterocycles. The van der Waals surface area contributed by atoms with Crippen LogP contribution in [0.15, 0.2) is 22.8 Å². The summed E-state index contributed by atoms with van der Waals surface area (Å²) in [4.78, 5) is 25.7. The normalized spacial score (nSPS) is 17.3. The predicted molar refractivity (Wildman–Crippen MR) is 74.5 cm³/mol. The van der Waals surface area contributed by atoms with Crippen molar-refractivity contribution in [2.45, 2.75) is 13.0 Å². The van der Waals surface area contributed by atoms with Crippen LogP contribution in [0.4, 0.5) is 5.00 Å². The average molecular weight is 306 g/mol. The maximum atomic E-state index is 12.0. The van der Waals surface area contributed by atoms with Crippen LogP contribution in [0.1, 0.15) is 31.4 Å². The quantitative estimate of drug-likeness (QED) is 0.802. The van der Waals surface area contributed by atoms with Crippen molar-refractivity contribution < 1.29 is 24.0 Å². The van der Waals surface area contributed by atoms with E-state index in [0.29, 0.717) is 11.4 Å². The first-order valence-electron chi connectivity index (χ1n) is 6.58. The molecule has 0 fully saturated rings. The third-order valence-electron chi connectivity index (χ3n) is 3.53. The van der Waals surface area contributed by atoms with Gasteiger partial charge in [-0.1, -0.05) is 0 Å². The van der Waals surface area contributed by atoms with Gasteiger partial charge in [-0.3, -0.25) is 4.79 Å². The van der Waals surface area contributed by atoms with Crippen LogP contribution in [-0.4, -0.2) is 25.5 Å². The van der Waals surface area contributed by atoms with Crippen molar-refractivity contribution in [1.82, 2.24) is 0 Å². The molecule has 1 aliphatic heterocycles. The van der Waals surface area contributed by atoms with Crippen LogP contribution < -0.4 is 15.3 Å². The van der Waals surface area contributed by atoms with Gasteiger partial charge in [-0.25, -0.2) is 0 Å². The third-order valence-corrected chi connectivity index (χ3v) is 4.68. The highest BCUT2D eigenvalue weighted by atomic mass is 32.1. The van der Waals surface area contributed by atoms with Crippen molar-refractivity contribution in [3.63, 3.8) is 0 Å². The second-order valence-electron chi connectivity index (χ2n) is 5.06. The standard InChI is InChI=1S/C14H14N2O4S/c1-16-5-4-8-10(7-16)21-13(11(8)14(18)19)15-12(17)9-3-2-6-20-9/h2-3,6H,4-5,7H2,1H3,(H,15,17)(H,18,19). The van der Waals surface area contributed by atoms with Gasteiger partial charge in [0.2, 0.25) is 0 Å². The smallest absolute Gasteiger partial charge is 0.291 e. The molecule has 3 heterocycles. The van der Waals surface area contributed by atoms with E-state index in [1.54, 1.807) is 6.07 Å². The minimum atomic E-state index is -1.25. The molecule has 0 spiro atoms. The lowest BCUT2D eigenvalue weighted by molar-refractivity contribution is -0.895. The number of carboxylic acids is 1. The molecule has 0 aromatic carbocycles. The van der Waals surface area contributed by atoms with Crippen LogP contribution in [0.25, 0.3) is 0 Å². The Morgan fingerprint density at radius 2 is 2.29 bits per heavy atom. The van der Waals surface area contributed by atoms with Crippen molar-refractivity contribution in [1.29, 1.82) is 0 Å². The van der Waals surface area contributed by atoms with Gasteiger partial charge in [0.25, 0.3) is 5.91 Å². The van der Waals surface area contributed by atoms with E-state index < -0.39 is 11.9 Å². The Labute approximate surface area is 125 Å². The third kappa shape index (κ3) is 2.57. The lowest BCUT2D eigenvalue weighted by atomic mass is 10.0. The molecule has 2 N–H and O–H groups in total. The molecule has 0 bridgehead atoms. The molecular weight excluding hydrogens is 292 g/mol. The second kappa shape index (κ2) is 5.34. The fraction of sp³-hybridized carbons (Fsp3) is 0.286. The Morgan fingerprint density at radius 1 is 1.48 bits per heavy atom. The highest BCUT2D eigenvalue weighted by Gasteiger charge is 2.26. The van der Waals surface area contributed by atoms with Gasteiger partial charge in [0.05, 0.1) is 30.7 Å². The summed E-state index contributed by atoms with van der Waals surface area (Å²) in [6.45, 7) is 1.63. The summed E-state index contributed by atoms with van der Waals surface area (Å²) in [7, 11) is 2.06. The van der Waals surface area contributed by atoms with E-state index in [4.69, 9.17) is 4.42 Å². The number of nitrogens with one attached hydrogen (secondary N) is 2. The van der Waals surface area contributed by atoms with E-state index in [9.17, 15) is 14.7 Å². The van der Waals surface area contributed by atoms with Crippen molar-refractivity contribution in [3.05, 3.63) is 40.2 Å². The molecule has 0 radical (unpaired) electrons. The summed E-state index contributed by atoms with van der Waals surface area (Å²) >= 11 is 1.30. The Hall–Kier alpha value is -2.12. The van der Waals surface area contributed by atoms with E-state index in [2.05, 4.69) is 12.4 Å². The summed E-state index contributed by atoms with van der Waals surface area (Å²) in [5, 5.41) is 14.4. The van der Waals surface area contributed by atoms with Crippen molar-refractivity contribution in [3.8, 4) is 0 Å². The van der Waals surface area contributed by atoms with Gasteiger partial charge >= 0.3 is 0 Å². The molecule has 1 aliphatic rings. The number of hydrogen-bond donors (Lipinski definition) is 2. The maximum absolute atomic E-state index is 12.0. The number of amides is 1. The summed E-state index contributed by atoms with van der Waals surface area (Å²) in [5.74, 6) is -1.56. The zero-order chi connectivity index (χ0) is 15.0. The van der Waals surface area contributed by atoms with Gasteiger partial charge in [-0.15, -0.1) is 11.3 Å². The van der Waals surface area contributed by atoms with E-state index in [1.165, 1.54) is 28.6 Å². The summed E-state index contributed by atoms with van der Waals surface area (Å²) in [6.07, 6.45) is 2.07. The van der Waals surface area contributed by atoms with Crippen molar-refractivity contribution in [2.75, 3.05) is 18.9 Å². The largest absolute Gasteiger partial charge is 0.545 e. The van der Waals surface area contributed by atoms with E-state index in [-0.39, 0.29) is 11.3 Å². The number of carbonyl (C=O) groups is 2. The van der Waals surface area contributed by atoms with Crippen molar-refractivity contribution in [2.24, 2.45) is 0 Å². The van der Waals surface area contributed by atoms with Gasteiger partial charge in [-0.05, 0) is 17.7 Å². The Bertz CT molecular complexity index is 690. The highest BCUT2D eigenvalue weighted by molar-refractivity contribution is 7.17. The Kier molecular flexibility index (Phi) is 3.52. The number of quaternary nitrogens is 1.